The summed E-state index contributed by atoms with van der Waals surface area (Å²) >= 11 is 0. The topological polar surface area (TPSA) is 49.7 Å². The van der Waals surface area contributed by atoms with E-state index in [9.17, 15) is 9.90 Å². The fourth-order valence-corrected chi connectivity index (χ4v) is 1.64. The van der Waals surface area contributed by atoms with Gasteiger partial charge in [0.05, 0.1) is 5.57 Å². The number of benzene rings is 1. The summed E-state index contributed by atoms with van der Waals surface area (Å²) in [4.78, 5) is 15.6. The maximum Gasteiger partial charge on any atom is 0.165 e. The number of carbonyl (C=O) groups excluding carboxylic acids is 1. The molecule has 0 fully saturated rings. The van der Waals surface area contributed by atoms with Gasteiger partial charge < -0.3 is 5.11 Å². The molecule has 1 aromatic carbocycles. The van der Waals surface area contributed by atoms with E-state index in [-0.39, 0.29) is 17.1 Å². The van der Waals surface area contributed by atoms with Gasteiger partial charge in [-0.1, -0.05) is 17.7 Å². The SMILES string of the molecule is CCN=C/C(C(C)=O)=C(/O)c1cc(C)ccc1C. The Morgan fingerprint density at radius 3 is 2.61 bits per heavy atom. The minimum atomic E-state index is -0.189. The molecule has 0 heterocycles. The van der Waals surface area contributed by atoms with Crippen molar-refractivity contribution in [2.24, 2.45) is 4.99 Å². The Bertz CT molecular complexity index is 513. The fourth-order valence-electron chi connectivity index (χ4n) is 1.64. The highest BCUT2D eigenvalue weighted by molar-refractivity contribution is 6.17. The molecule has 1 N–H and O–H groups in total. The number of allylic oxidation sites excluding steroid dienone is 1. The maximum atomic E-state index is 11.6. The first-order valence-electron chi connectivity index (χ1n) is 5.99. The lowest BCUT2D eigenvalue weighted by Gasteiger charge is -2.08. The molecule has 0 unspecified atom stereocenters. The van der Waals surface area contributed by atoms with E-state index in [1.54, 1.807) is 0 Å². The lowest BCUT2D eigenvalue weighted by Crippen LogP contribution is -2.04. The Hall–Kier alpha value is -1.90. The van der Waals surface area contributed by atoms with Gasteiger partial charge in [-0.3, -0.25) is 9.79 Å². The van der Waals surface area contributed by atoms with Crippen molar-refractivity contribution in [1.29, 1.82) is 0 Å². The normalized spacial score (nSPS) is 12.7. The molecule has 0 saturated heterocycles. The van der Waals surface area contributed by atoms with Crippen LogP contribution >= 0.6 is 0 Å². The van der Waals surface area contributed by atoms with Crippen LogP contribution in [0.2, 0.25) is 0 Å². The molecule has 0 radical (unpaired) electrons. The predicted molar refractivity (Wildman–Crippen MR) is 75.2 cm³/mol. The van der Waals surface area contributed by atoms with Crippen LogP contribution in [-0.2, 0) is 4.79 Å². The summed E-state index contributed by atoms with van der Waals surface area (Å²) in [6.45, 7) is 7.74. The minimum absolute atomic E-state index is 0.000833. The van der Waals surface area contributed by atoms with Gasteiger partial charge in [0, 0.05) is 18.3 Å². The first-order valence-corrected chi connectivity index (χ1v) is 5.99. The van der Waals surface area contributed by atoms with Crippen LogP contribution in [0.25, 0.3) is 5.76 Å². The number of hydrogen-bond acceptors (Lipinski definition) is 3. The van der Waals surface area contributed by atoms with Crippen LogP contribution in [0.4, 0.5) is 0 Å². The van der Waals surface area contributed by atoms with E-state index in [1.165, 1.54) is 13.1 Å². The second-order valence-corrected chi connectivity index (χ2v) is 4.26. The van der Waals surface area contributed by atoms with Crippen molar-refractivity contribution in [3.63, 3.8) is 0 Å². The molecular weight excluding hydrogens is 226 g/mol. The number of aliphatic hydroxyl groups is 1. The van der Waals surface area contributed by atoms with Crippen LogP contribution < -0.4 is 0 Å². The summed E-state index contributed by atoms with van der Waals surface area (Å²) in [7, 11) is 0. The highest BCUT2D eigenvalue weighted by Crippen LogP contribution is 2.21. The summed E-state index contributed by atoms with van der Waals surface area (Å²) in [6, 6.07) is 5.77. The van der Waals surface area contributed by atoms with Gasteiger partial charge in [0.2, 0.25) is 0 Å². The van der Waals surface area contributed by atoms with Gasteiger partial charge in [-0.05, 0) is 39.3 Å². The Morgan fingerprint density at radius 1 is 1.39 bits per heavy atom. The number of aliphatic hydroxyl groups excluding tert-OH is 1. The zero-order valence-corrected chi connectivity index (χ0v) is 11.3. The molecule has 0 amide bonds. The van der Waals surface area contributed by atoms with Crippen LogP contribution in [0.5, 0.6) is 0 Å². The van der Waals surface area contributed by atoms with Gasteiger partial charge in [-0.15, -0.1) is 0 Å². The molecule has 1 aromatic rings. The standard InChI is InChI=1S/C15H19NO2/c1-5-16-9-14(12(4)17)15(18)13-8-10(2)6-7-11(13)3/h6-9,18H,5H2,1-4H3/b15-14-,16-9?. The number of aryl methyl sites for hydroxylation is 2. The smallest absolute Gasteiger partial charge is 0.165 e. The summed E-state index contributed by atoms with van der Waals surface area (Å²) in [5, 5.41) is 10.3. The number of ketones is 1. The van der Waals surface area contributed by atoms with E-state index in [0.29, 0.717) is 12.1 Å². The van der Waals surface area contributed by atoms with E-state index >= 15 is 0 Å². The summed E-state index contributed by atoms with van der Waals surface area (Å²) < 4.78 is 0. The molecule has 0 atom stereocenters. The van der Waals surface area contributed by atoms with Gasteiger partial charge in [0.1, 0.15) is 5.76 Å². The van der Waals surface area contributed by atoms with E-state index in [4.69, 9.17) is 0 Å². The van der Waals surface area contributed by atoms with Crippen molar-refractivity contribution >= 4 is 17.8 Å². The molecule has 1 rings (SSSR count). The molecule has 0 bridgehead atoms. The summed E-state index contributed by atoms with van der Waals surface area (Å²) in [5.41, 5.74) is 2.91. The van der Waals surface area contributed by atoms with E-state index in [2.05, 4.69) is 4.99 Å². The molecule has 3 nitrogen and oxygen atoms in total. The molecule has 3 heteroatoms. The third-order valence-corrected chi connectivity index (χ3v) is 2.69. The second kappa shape index (κ2) is 6.15. The predicted octanol–water partition coefficient (Wildman–Crippen LogP) is 3.25. The number of Topliss-reactive ketones (excluding diaryl/α,β-unsaturated/α-hetero) is 1. The number of aliphatic imine (C=N–C) groups is 1. The summed E-state index contributed by atoms with van der Waals surface area (Å²) in [5.74, 6) is -0.188. The molecule has 0 aliphatic carbocycles. The largest absolute Gasteiger partial charge is 0.506 e. The summed E-state index contributed by atoms with van der Waals surface area (Å²) in [6.07, 6.45) is 1.44. The molecular formula is C15H19NO2. The van der Waals surface area contributed by atoms with Gasteiger partial charge in [-0.25, -0.2) is 0 Å². The fraction of sp³-hybridized carbons (Fsp3) is 0.333. The van der Waals surface area contributed by atoms with Crippen molar-refractivity contribution in [2.45, 2.75) is 27.7 Å². The van der Waals surface area contributed by atoms with Crippen LogP contribution in [0.1, 0.15) is 30.5 Å². The van der Waals surface area contributed by atoms with Gasteiger partial charge >= 0.3 is 0 Å². The van der Waals surface area contributed by atoms with Crippen molar-refractivity contribution in [2.75, 3.05) is 6.54 Å². The minimum Gasteiger partial charge on any atom is -0.506 e. The van der Waals surface area contributed by atoms with Crippen LogP contribution in [-0.4, -0.2) is 23.6 Å². The first-order chi connectivity index (χ1) is 8.47. The molecule has 0 aliphatic rings. The lowest BCUT2D eigenvalue weighted by atomic mass is 10.00. The molecule has 0 aliphatic heterocycles. The quantitative estimate of drug-likeness (QED) is 0.503. The highest BCUT2D eigenvalue weighted by atomic mass is 16.3. The Balaban J connectivity index is 3.38. The van der Waals surface area contributed by atoms with E-state index < -0.39 is 0 Å². The van der Waals surface area contributed by atoms with E-state index in [0.717, 1.165) is 11.1 Å². The molecule has 0 spiro atoms. The average Bonchev–Trinajstić information content (AvgIpc) is 2.32. The maximum absolute atomic E-state index is 11.6. The molecule has 18 heavy (non-hydrogen) atoms. The molecule has 0 aromatic heterocycles. The third-order valence-electron chi connectivity index (χ3n) is 2.69. The zero-order chi connectivity index (χ0) is 13.7. The average molecular weight is 245 g/mol. The van der Waals surface area contributed by atoms with Crippen LogP contribution in [0, 0.1) is 13.8 Å². The monoisotopic (exact) mass is 245 g/mol. The number of carbonyl (C=O) groups is 1. The lowest BCUT2D eigenvalue weighted by molar-refractivity contribution is -0.113. The Labute approximate surface area is 108 Å². The van der Waals surface area contributed by atoms with Crippen molar-refractivity contribution in [1.82, 2.24) is 0 Å². The highest BCUT2D eigenvalue weighted by Gasteiger charge is 2.12. The molecule has 0 saturated carbocycles. The second-order valence-electron chi connectivity index (χ2n) is 4.26. The van der Waals surface area contributed by atoms with Crippen molar-refractivity contribution < 1.29 is 9.90 Å². The number of rotatable bonds is 4. The zero-order valence-electron chi connectivity index (χ0n) is 11.3. The molecule has 96 valence electrons. The van der Waals surface area contributed by atoms with Gasteiger partial charge in [0.15, 0.2) is 5.78 Å². The Kier molecular flexibility index (Phi) is 4.84. The number of hydrogen-bond donors (Lipinski definition) is 1. The van der Waals surface area contributed by atoms with Crippen LogP contribution in [0.15, 0.2) is 28.8 Å². The van der Waals surface area contributed by atoms with Crippen LogP contribution in [0.3, 0.4) is 0 Å². The first kappa shape index (κ1) is 14.2. The van der Waals surface area contributed by atoms with Crippen molar-refractivity contribution in [3.8, 4) is 0 Å². The van der Waals surface area contributed by atoms with E-state index in [1.807, 2.05) is 39.0 Å². The number of nitrogens with zero attached hydrogens (tertiary/aromatic N) is 1. The van der Waals surface area contributed by atoms with Gasteiger partial charge in [0.25, 0.3) is 0 Å². The Morgan fingerprint density at radius 2 is 2.06 bits per heavy atom. The third kappa shape index (κ3) is 3.29. The van der Waals surface area contributed by atoms with Crippen molar-refractivity contribution in [3.05, 3.63) is 40.5 Å². The van der Waals surface area contributed by atoms with Gasteiger partial charge in [-0.2, -0.15) is 0 Å².